The summed E-state index contributed by atoms with van der Waals surface area (Å²) in [7, 11) is -3.91. The molecule has 31 heavy (non-hydrogen) atoms. The van der Waals surface area contributed by atoms with Crippen LogP contribution >= 0.6 is 23.2 Å². The molecule has 1 N–H and O–H groups in total. The number of carbonyl (C=O) groups is 1. The summed E-state index contributed by atoms with van der Waals surface area (Å²) >= 11 is 12.3. The van der Waals surface area contributed by atoms with Gasteiger partial charge in [0.25, 0.3) is 0 Å². The van der Waals surface area contributed by atoms with Crippen molar-refractivity contribution in [3.8, 4) is 0 Å². The molecule has 3 aromatic rings. The van der Waals surface area contributed by atoms with Gasteiger partial charge in [-0.1, -0.05) is 60.5 Å². The molecule has 1 atom stereocenters. The molecule has 1 heterocycles. The first kappa shape index (κ1) is 23.2. The minimum atomic E-state index is -3.91. The monoisotopic (exact) mass is 478 g/mol. The van der Waals surface area contributed by atoms with Crippen LogP contribution in [0.2, 0.25) is 10.2 Å². The first-order valence-electron chi connectivity index (χ1n) is 9.44. The third-order valence-corrected chi connectivity index (χ3v) is 7.23. The van der Waals surface area contributed by atoms with Crippen LogP contribution in [0.25, 0.3) is 0 Å². The zero-order valence-electron chi connectivity index (χ0n) is 16.6. The van der Waals surface area contributed by atoms with Gasteiger partial charge in [0, 0.05) is 23.3 Å². The Morgan fingerprint density at radius 2 is 1.74 bits per heavy atom. The van der Waals surface area contributed by atoms with E-state index < -0.39 is 22.0 Å². The van der Waals surface area contributed by atoms with E-state index in [2.05, 4.69) is 4.98 Å². The van der Waals surface area contributed by atoms with Crippen LogP contribution < -0.4 is 0 Å². The maximum Gasteiger partial charge on any atom is 0.335 e. The van der Waals surface area contributed by atoms with Gasteiger partial charge in [0.15, 0.2) is 0 Å². The van der Waals surface area contributed by atoms with Gasteiger partial charge < -0.3 is 5.11 Å². The Hall–Kier alpha value is -2.45. The number of rotatable bonds is 8. The van der Waals surface area contributed by atoms with E-state index in [0.717, 1.165) is 0 Å². The molecular weight excluding hydrogens is 459 g/mol. The summed E-state index contributed by atoms with van der Waals surface area (Å²) in [6.07, 6.45) is 1.92. The number of aromatic carboxylic acids is 1. The number of hydrogen-bond donors (Lipinski definition) is 1. The molecule has 1 unspecified atom stereocenters. The summed E-state index contributed by atoms with van der Waals surface area (Å²) in [5.74, 6) is -1.05. The van der Waals surface area contributed by atoms with Gasteiger partial charge in [-0.05, 0) is 42.3 Å². The number of aromatic nitrogens is 1. The van der Waals surface area contributed by atoms with Crippen molar-refractivity contribution in [3.63, 3.8) is 0 Å². The zero-order valence-corrected chi connectivity index (χ0v) is 18.9. The van der Waals surface area contributed by atoms with Crippen LogP contribution in [0.5, 0.6) is 0 Å². The quantitative estimate of drug-likeness (QED) is 0.436. The van der Waals surface area contributed by atoms with Crippen LogP contribution in [-0.4, -0.2) is 28.8 Å². The van der Waals surface area contributed by atoms with Gasteiger partial charge in [-0.2, -0.15) is 4.31 Å². The molecular formula is C22H20Cl2N2O4S. The fraction of sp³-hybridized carbons (Fsp3) is 0.182. The number of hydrogen-bond acceptors (Lipinski definition) is 4. The van der Waals surface area contributed by atoms with E-state index in [0.29, 0.717) is 22.6 Å². The number of nitrogens with zero attached hydrogens (tertiary/aromatic N) is 2. The lowest BCUT2D eigenvalue weighted by Crippen LogP contribution is -2.34. The van der Waals surface area contributed by atoms with E-state index in [4.69, 9.17) is 28.3 Å². The van der Waals surface area contributed by atoms with Crippen molar-refractivity contribution in [3.05, 3.63) is 93.7 Å². The second kappa shape index (κ2) is 9.78. The molecule has 0 aliphatic heterocycles. The Morgan fingerprint density at radius 3 is 2.29 bits per heavy atom. The highest BCUT2D eigenvalue weighted by Crippen LogP contribution is 2.35. The van der Waals surface area contributed by atoms with Crippen molar-refractivity contribution >= 4 is 39.2 Å². The predicted octanol–water partition coefficient (Wildman–Crippen LogP) is 5.43. The van der Waals surface area contributed by atoms with E-state index in [9.17, 15) is 13.2 Å². The van der Waals surface area contributed by atoms with Crippen LogP contribution in [-0.2, 0) is 16.6 Å². The number of halogens is 2. The first-order valence-corrected chi connectivity index (χ1v) is 11.6. The molecule has 0 aliphatic carbocycles. The fourth-order valence-corrected chi connectivity index (χ4v) is 5.45. The predicted molar refractivity (Wildman–Crippen MR) is 120 cm³/mol. The fourth-order valence-electron chi connectivity index (χ4n) is 3.27. The number of carboxylic acids is 1. The maximum absolute atomic E-state index is 13.6. The number of benzene rings is 2. The highest BCUT2D eigenvalue weighted by molar-refractivity contribution is 7.89. The summed E-state index contributed by atoms with van der Waals surface area (Å²) in [5, 5.41) is 9.66. The molecule has 2 aromatic carbocycles. The summed E-state index contributed by atoms with van der Waals surface area (Å²) in [5.41, 5.74) is 1.30. The normalized spacial score (nSPS) is 12.6. The summed E-state index contributed by atoms with van der Waals surface area (Å²) in [6.45, 7) is 1.88. The Morgan fingerprint density at radius 1 is 1.10 bits per heavy atom. The summed E-state index contributed by atoms with van der Waals surface area (Å²) < 4.78 is 28.6. The van der Waals surface area contributed by atoms with Crippen LogP contribution in [0.15, 0.2) is 71.8 Å². The highest BCUT2D eigenvalue weighted by Gasteiger charge is 2.33. The Balaban J connectivity index is 2.09. The molecule has 0 radical (unpaired) electrons. The Kier molecular flexibility index (Phi) is 7.33. The minimum Gasteiger partial charge on any atom is -0.478 e. The highest BCUT2D eigenvalue weighted by atomic mass is 35.5. The topological polar surface area (TPSA) is 87.6 Å². The molecule has 0 aliphatic rings. The molecule has 162 valence electrons. The molecule has 0 amide bonds. The van der Waals surface area contributed by atoms with Crippen molar-refractivity contribution in [2.45, 2.75) is 30.8 Å². The van der Waals surface area contributed by atoms with E-state index in [1.807, 2.05) is 6.92 Å². The minimum absolute atomic E-state index is 0.0224. The average Bonchev–Trinajstić information content (AvgIpc) is 2.75. The van der Waals surface area contributed by atoms with Crippen molar-refractivity contribution < 1.29 is 18.3 Å². The van der Waals surface area contributed by atoms with Gasteiger partial charge in [-0.15, -0.1) is 0 Å². The lowest BCUT2D eigenvalue weighted by atomic mass is 10.1. The third-order valence-electron chi connectivity index (χ3n) is 4.83. The largest absolute Gasteiger partial charge is 0.478 e. The molecule has 3 rings (SSSR count). The van der Waals surface area contributed by atoms with E-state index in [-0.39, 0.29) is 22.2 Å². The maximum atomic E-state index is 13.6. The van der Waals surface area contributed by atoms with E-state index in [1.165, 1.54) is 40.8 Å². The third kappa shape index (κ3) is 5.25. The van der Waals surface area contributed by atoms with Gasteiger partial charge in [0.1, 0.15) is 5.15 Å². The molecule has 0 bridgehead atoms. The van der Waals surface area contributed by atoms with E-state index >= 15 is 0 Å². The molecule has 0 saturated carbocycles. The molecule has 6 nitrogen and oxygen atoms in total. The number of pyridine rings is 1. The first-order chi connectivity index (χ1) is 14.7. The van der Waals surface area contributed by atoms with Gasteiger partial charge >= 0.3 is 5.97 Å². The van der Waals surface area contributed by atoms with Crippen molar-refractivity contribution in [2.24, 2.45) is 0 Å². The van der Waals surface area contributed by atoms with Crippen molar-refractivity contribution in [1.82, 2.24) is 9.29 Å². The van der Waals surface area contributed by atoms with Gasteiger partial charge in [0.05, 0.1) is 16.5 Å². The summed E-state index contributed by atoms with van der Waals surface area (Å²) in [6, 6.07) is 15.1. The van der Waals surface area contributed by atoms with E-state index in [1.54, 1.807) is 30.3 Å². The molecule has 1 aromatic heterocycles. The second-order valence-corrected chi connectivity index (χ2v) is 9.50. The number of carboxylic acid groups (broad SMARTS) is 1. The summed E-state index contributed by atoms with van der Waals surface area (Å²) in [4.78, 5) is 15.4. The SMILES string of the molecule is CCC(c1cnc(Cl)cc1Cl)N(Cc1ccc(C(=O)O)cc1)S(=O)(=O)c1ccccc1. The van der Waals surface area contributed by atoms with Gasteiger partial charge in [-0.3, -0.25) is 0 Å². The molecule has 0 fully saturated rings. The molecule has 9 heteroatoms. The molecule has 0 spiro atoms. The zero-order chi connectivity index (χ0) is 22.6. The van der Waals surface area contributed by atoms with Crippen LogP contribution in [0.1, 0.15) is 40.9 Å². The average molecular weight is 479 g/mol. The van der Waals surface area contributed by atoms with Crippen molar-refractivity contribution in [2.75, 3.05) is 0 Å². The molecule has 0 saturated heterocycles. The van der Waals surface area contributed by atoms with Crippen molar-refractivity contribution in [1.29, 1.82) is 0 Å². The lowest BCUT2D eigenvalue weighted by molar-refractivity contribution is 0.0697. The Bertz CT molecular complexity index is 1170. The Labute approximate surface area is 191 Å². The lowest BCUT2D eigenvalue weighted by Gasteiger charge is -2.31. The van der Waals surface area contributed by atoms with Gasteiger partial charge in [0.2, 0.25) is 10.0 Å². The van der Waals surface area contributed by atoms with Gasteiger partial charge in [-0.25, -0.2) is 18.2 Å². The van der Waals surface area contributed by atoms with Crippen LogP contribution in [0, 0.1) is 0 Å². The standard InChI is InChI=1S/C22H20Cl2N2O4S/c1-2-20(18-13-25-21(24)12-19(18)23)26(31(29,30)17-6-4-3-5-7-17)14-15-8-10-16(11-9-15)22(27)28/h3-13,20H,2,14H2,1H3,(H,27,28). The second-order valence-electron chi connectivity index (χ2n) is 6.82. The smallest absolute Gasteiger partial charge is 0.335 e. The van der Waals surface area contributed by atoms with Crippen LogP contribution in [0.4, 0.5) is 0 Å². The van der Waals surface area contributed by atoms with Crippen LogP contribution in [0.3, 0.4) is 0 Å². The number of sulfonamides is 1.